The van der Waals surface area contributed by atoms with Crippen LogP contribution in [0, 0.1) is 0 Å². The summed E-state index contributed by atoms with van der Waals surface area (Å²) >= 11 is 0. The molecule has 0 heterocycles. The summed E-state index contributed by atoms with van der Waals surface area (Å²) in [4.78, 5) is 42.3. The molecule has 2 aromatic rings. The quantitative estimate of drug-likeness (QED) is 0.0638. The highest BCUT2D eigenvalue weighted by Gasteiger charge is 2.23. The number of aliphatic carboxylic acids is 1. The Morgan fingerprint density at radius 3 is 1.90 bits per heavy atom. The number of hydrogen-bond donors (Lipinski definition) is 10. The van der Waals surface area contributed by atoms with Gasteiger partial charge in [-0.25, -0.2) is 9.98 Å². The van der Waals surface area contributed by atoms with Crippen LogP contribution in [0.3, 0.4) is 0 Å². The highest BCUT2D eigenvalue weighted by molar-refractivity contribution is 5.82. The number of nitrogens with zero attached hydrogens (tertiary/aromatic N) is 4. The van der Waals surface area contributed by atoms with Crippen molar-refractivity contribution in [2.75, 3.05) is 0 Å². The highest BCUT2D eigenvalue weighted by Crippen LogP contribution is 2.43. The van der Waals surface area contributed by atoms with Crippen LogP contribution in [0.4, 0.5) is 0 Å². The Morgan fingerprint density at radius 1 is 0.707 bits per heavy atom. The highest BCUT2D eigenvalue weighted by atomic mass is 16.7. The summed E-state index contributed by atoms with van der Waals surface area (Å²) in [6.07, 6.45) is -0.596. The zero-order valence-corrected chi connectivity index (χ0v) is 21.9. The number of carbonyl (C=O) groups is 2. The molecule has 2 aromatic carbocycles. The van der Waals surface area contributed by atoms with Crippen molar-refractivity contribution in [1.29, 1.82) is 0 Å². The van der Waals surface area contributed by atoms with Gasteiger partial charge in [0.05, 0.1) is 19.5 Å². The third-order valence-corrected chi connectivity index (χ3v) is 5.14. The topological polar surface area (TPSA) is 342 Å². The maximum absolute atomic E-state index is 12.2. The number of nitrogens with one attached hydrogen (secondary N) is 1. The maximum Gasteiger partial charge on any atom is 0.303 e. The zero-order chi connectivity index (χ0) is 30.5. The van der Waals surface area contributed by atoms with Crippen LogP contribution >= 0.6 is 0 Å². The van der Waals surface area contributed by atoms with Crippen LogP contribution in [-0.2, 0) is 29.2 Å². The molecule has 0 aromatic heterocycles. The largest absolute Gasteiger partial charge is 0.481 e. The van der Waals surface area contributed by atoms with Gasteiger partial charge in [0.25, 0.3) is 0 Å². The second-order valence-electron chi connectivity index (χ2n) is 8.24. The lowest BCUT2D eigenvalue weighted by atomic mass is 9.93. The second-order valence-corrected chi connectivity index (χ2v) is 8.24. The van der Waals surface area contributed by atoms with E-state index in [1.807, 2.05) is 0 Å². The molecule has 41 heavy (non-hydrogen) atoms. The molecule has 2 rings (SSSR count). The van der Waals surface area contributed by atoms with E-state index in [-0.39, 0.29) is 55.9 Å². The van der Waals surface area contributed by atoms with Gasteiger partial charge < -0.3 is 66.0 Å². The molecular formula is C23H33N13O5. The smallest absolute Gasteiger partial charge is 0.303 e. The Morgan fingerprint density at radius 2 is 1.32 bits per heavy atom. The first-order valence-electron chi connectivity index (χ1n) is 11.8. The van der Waals surface area contributed by atoms with Crippen LogP contribution in [0.5, 0.6) is 11.5 Å². The molecule has 0 unspecified atom stereocenters. The summed E-state index contributed by atoms with van der Waals surface area (Å²) in [5, 5.41) is 18.7. The van der Waals surface area contributed by atoms with Crippen LogP contribution < -0.4 is 60.9 Å². The number of amides is 1. The number of carboxylic acid groups (broad SMARTS) is 1. The van der Waals surface area contributed by atoms with E-state index < -0.39 is 23.8 Å². The number of rotatable bonds is 14. The minimum atomic E-state index is -1.12. The van der Waals surface area contributed by atoms with Gasteiger partial charge >= 0.3 is 5.97 Å². The molecule has 18 heteroatoms. The molecule has 0 aliphatic carbocycles. The molecular weight excluding hydrogens is 538 g/mol. The predicted molar refractivity (Wildman–Crippen MR) is 152 cm³/mol. The molecule has 0 saturated heterocycles. The van der Waals surface area contributed by atoms with Gasteiger partial charge in [-0.15, -0.1) is 0 Å². The molecule has 0 fully saturated rings. The number of oxime groups is 2. The first-order chi connectivity index (χ1) is 19.4. The number of benzene rings is 2. The fourth-order valence-corrected chi connectivity index (χ4v) is 3.41. The molecule has 0 atom stereocenters. The van der Waals surface area contributed by atoms with E-state index in [4.69, 9.17) is 60.7 Å². The van der Waals surface area contributed by atoms with Crippen LogP contribution in [-0.4, -0.2) is 40.8 Å². The average Bonchev–Trinajstić information content (AvgIpc) is 2.90. The molecule has 0 aliphatic heterocycles. The molecule has 0 radical (unpaired) electrons. The van der Waals surface area contributed by atoms with Crippen molar-refractivity contribution in [3.05, 3.63) is 47.0 Å². The summed E-state index contributed by atoms with van der Waals surface area (Å²) < 4.78 is 0. The number of guanidine groups is 4. The van der Waals surface area contributed by atoms with Gasteiger partial charge in [-0.1, -0.05) is 24.3 Å². The van der Waals surface area contributed by atoms with Crippen molar-refractivity contribution in [3.8, 4) is 22.6 Å². The van der Waals surface area contributed by atoms with E-state index in [1.165, 1.54) is 0 Å². The summed E-state index contributed by atoms with van der Waals surface area (Å²) in [6.45, 7) is 0.00604. The van der Waals surface area contributed by atoms with Gasteiger partial charge in [0.1, 0.15) is 0 Å². The first-order valence-corrected chi connectivity index (χ1v) is 11.8. The summed E-state index contributed by atoms with van der Waals surface area (Å²) in [7, 11) is 0. The van der Waals surface area contributed by atoms with E-state index >= 15 is 0 Å². The molecule has 0 aliphatic rings. The molecule has 1 amide bonds. The van der Waals surface area contributed by atoms with Crippen molar-refractivity contribution in [3.63, 3.8) is 0 Å². The lowest BCUT2D eigenvalue weighted by Crippen LogP contribution is -2.25. The number of hydrogen-bond acceptors (Lipinski definition) is 8. The minimum absolute atomic E-state index is 0.0288. The molecule has 18 N–H and O–H groups in total. The zero-order valence-electron chi connectivity index (χ0n) is 21.9. The lowest BCUT2D eigenvalue weighted by Gasteiger charge is -2.18. The number of nitrogens with two attached hydrogens (primary N) is 8. The van der Waals surface area contributed by atoms with Gasteiger partial charge in [0, 0.05) is 24.1 Å². The minimum Gasteiger partial charge on any atom is -0.481 e. The molecule has 0 bridgehead atoms. The Labute approximate surface area is 234 Å². The van der Waals surface area contributed by atoms with Gasteiger partial charge in [-0.3, -0.25) is 9.59 Å². The third-order valence-electron chi connectivity index (χ3n) is 5.14. The van der Waals surface area contributed by atoms with Gasteiger partial charge in [-0.2, -0.15) is 0 Å². The van der Waals surface area contributed by atoms with E-state index in [2.05, 4.69) is 25.6 Å². The fourth-order valence-electron chi connectivity index (χ4n) is 3.41. The van der Waals surface area contributed by atoms with E-state index in [0.717, 1.165) is 0 Å². The maximum atomic E-state index is 12.2. The predicted octanol–water partition coefficient (Wildman–Crippen LogP) is -2.48. The van der Waals surface area contributed by atoms with Crippen LogP contribution in [0.15, 0.2) is 50.6 Å². The Bertz CT molecular complexity index is 1370. The van der Waals surface area contributed by atoms with E-state index in [0.29, 0.717) is 27.8 Å². The lowest BCUT2D eigenvalue weighted by molar-refractivity contribution is -0.138. The van der Waals surface area contributed by atoms with Gasteiger partial charge in [-0.05, 0) is 33.1 Å². The van der Waals surface area contributed by atoms with Crippen LogP contribution in [0.2, 0.25) is 0 Å². The standard InChI is InChI=1S/C23H33N13O5/c24-20(25)33-8-11-2-1-3-13(15(11)10-34-21(26)27)14-5-4-12(9-32-16(37)6-7-17(38)39)18(40-35-22(28)29)19(14)41-36-23(30)31/h1-5H,6-10H2,(H,32,37)(H,38,39)(H4,24,25,33)(H4,26,27,34)(H4,28,29,35)(H4,30,31,36). The Kier molecular flexibility index (Phi) is 11.3. The van der Waals surface area contributed by atoms with Crippen molar-refractivity contribution in [2.45, 2.75) is 32.5 Å². The van der Waals surface area contributed by atoms with Gasteiger partial charge in [0.2, 0.25) is 29.3 Å². The van der Waals surface area contributed by atoms with Crippen molar-refractivity contribution >= 4 is 35.7 Å². The van der Waals surface area contributed by atoms with Crippen molar-refractivity contribution in [2.24, 2.45) is 66.2 Å². The second kappa shape index (κ2) is 14.9. The fraction of sp³-hybridized carbons (Fsp3) is 0.217. The average molecular weight is 572 g/mol. The SMILES string of the molecule is NC(N)=NCc1cccc(-c2ccc(CNC(=O)CCC(=O)O)c(ON=C(N)N)c2ON=C(N)N)c1CN=C(N)N. The Hall–Kier alpha value is -5.94. The van der Waals surface area contributed by atoms with Crippen molar-refractivity contribution in [1.82, 2.24) is 5.32 Å². The first kappa shape index (κ1) is 31.3. The number of aliphatic imine (C=N–C) groups is 2. The summed E-state index contributed by atoms with van der Waals surface area (Å²) in [5.41, 5.74) is 46.7. The number of carbonyl (C=O) groups excluding carboxylic acids is 1. The number of carboxylic acids is 1. The molecule has 220 valence electrons. The van der Waals surface area contributed by atoms with Crippen LogP contribution in [0.25, 0.3) is 11.1 Å². The molecule has 0 spiro atoms. The van der Waals surface area contributed by atoms with E-state index in [9.17, 15) is 9.59 Å². The summed E-state index contributed by atoms with van der Waals surface area (Å²) in [6, 6.07) is 8.49. The van der Waals surface area contributed by atoms with E-state index in [1.54, 1.807) is 30.3 Å². The summed E-state index contributed by atoms with van der Waals surface area (Å²) in [5.74, 6) is -2.88. The Balaban J connectivity index is 2.77. The monoisotopic (exact) mass is 571 g/mol. The molecule has 0 saturated carbocycles. The van der Waals surface area contributed by atoms with Gasteiger partial charge in [0.15, 0.2) is 11.9 Å². The molecule has 18 nitrogen and oxygen atoms in total. The normalized spacial score (nSPS) is 10.0. The van der Waals surface area contributed by atoms with Crippen molar-refractivity contribution < 1.29 is 24.4 Å². The third kappa shape index (κ3) is 10.0. The van der Waals surface area contributed by atoms with Crippen LogP contribution in [0.1, 0.15) is 29.5 Å².